The molecule has 1 unspecified atom stereocenters. The maximum atomic E-state index is 10.0. The van der Waals surface area contributed by atoms with Crippen molar-refractivity contribution in [1.82, 2.24) is 0 Å². The van der Waals surface area contributed by atoms with E-state index in [4.69, 9.17) is 4.74 Å². The van der Waals surface area contributed by atoms with Gasteiger partial charge in [0.2, 0.25) is 0 Å². The van der Waals surface area contributed by atoms with Crippen molar-refractivity contribution in [2.24, 2.45) is 17.8 Å². The molecule has 0 bridgehead atoms. The highest BCUT2D eigenvalue weighted by atomic mass is 16.5. The number of aliphatic hydroxyl groups excluding tert-OH is 1. The molecule has 0 amide bonds. The van der Waals surface area contributed by atoms with E-state index in [9.17, 15) is 5.11 Å². The van der Waals surface area contributed by atoms with Crippen LogP contribution >= 0.6 is 0 Å². The van der Waals surface area contributed by atoms with Crippen LogP contribution in [0.2, 0.25) is 0 Å². The van der Waals surface area contributed by atoms with Gasteiger partial charge in [-0.25, -0.2) is 0 Å². The minimum absolute atomic E-state index is 0.224. The van der Waals surface area contributed by atoms with Crippen LogP contribution in [0.3, 0.4) is 0 Å². The van der Waals surface area contributed by atoms with Crippen LogP contribution in [-0.4, -0.2) is 23.9 Å². The zero-order valence-corrected chi connectivity index (χ0v) is 11.3. The molecule has 1 N–H and O–H groups in total. The molecule has 1 atom stereocenters. The molecular formula is C14H28O2. The average molecular weight is 228 g/mol. The summed E-state index contributed by atoms with van der Waals surface area (Å²) < 4.78 is 5.48. The highest BCUT2D eigenvalue weighted by Gasteiger charge is 2.27. The van der Waals surface area contributed by atoms with Gasteiger partial charge in [-0.2, -0.15) is 0 Å². The van der Waals surface area contributed by atoms with E-state index in [2.05, 4.69) is 13.8 Å². The van der Waals surface area contributed by atoms with Gasteiger partial charge in [0.25, 0.3) is 0 Å². The summed E-state index contributed by atoms with van der Waals surface area (Å²) in [6, 6.07) is 0. The fourth-order valence-corrected chi connectivity index (χ4v) is 2.62. The fourth-order valence-electron chi connectivity index (χ4n) is 2.62. The van der Waals surface area contributed by atoms with E-state index < -0.39 is 0 Å². The Morgan fingerprint density at radius 3 is 1.94 bits per heavy atom. The highest BCUT2D eigenvalue weighted by molar-refractivity contribution is 4.78. The summed E-state index contributed by atoms with van der Waals surface area (Å²) in [6.07, 6.45) is 4.87. The summed E-state index contributed by atoms with van der Waals surface area (Å²) in [5.41, 5.74) is 0. The normalized spacial score (nSPS) is 28.7. The lowest BCUT2D eigenvalue weighted by atomic mass is 9.75. The number of hydrogen-bond acceptors (Lipinski definition) is 2. The molecule has 0 heterocycles. The van der Waals surface area contributed by atoms with Crippen LogP contribution in [0.4, 0.5) is 0 Å². The summed E-state index contributed by atoms with van der Waals surface area (Å²) >= 11 is 0. The van der Waals surface area contributed by atoms with Crippen LogP contribution in [0.25, 0.3) is 0 Å². The van der Waals surface area contributed by atoms with E-state index in [-0.39, 0.29) is 12.2 Å². The summed E-state index contributed by atoms with van der Waals surface area (Å²) in [5, 5.41) is 10.0. The Bertz CT molecular complexity index is 181. The third-order valence-electron chi connectivity index (χ3n) is 3.90. The van der Waals surface area contributed by atoms with Crippen molar-refractivity contribution < 1.29 is 9.84 Å². The summed E-state index contributed by atoms with van der Waals surface area (Å²) in [6.45, 7) is 9.16. The van der Waals surface area contributed by atoms with Gasteiger partial charge in [0.05, 0.1) is 18.8 Å². The number of ether oxygens (including phenoxy) is 1. The van der Waals surface area contributed by atoms with E-state index in [1.165, 1.54) is 25.7 Å². The minimum Gasteiger partial charge on any atom is -0.390 e. The predicted molar refractivity (Wildman–Crippen MR) is 67.4 cm³/mol. The molecule has 0 saturated heterocycles. The second-order valence-electron chi connectivity index (χ2n) is 5.87. The van der Waals surface area contributed by atoms with Crippen LogP contribution in [0.1, 0.15) is 53.4 Å². The van der Waals surface area contributed by atoms with Gasteiger partial charge in [0.1, 0.15) is 0 Å². The summed E-state index contributed by atoms with van der Waals surface area (Å²) in [4.78, 5) is 0. The van der Waals surface area contributed by atoms with Crippen molar-refractivity contribution in [2.45, 2.75) is 65.6 Å². The first-order valence-corrected chi connectivity index (χ1v) is 6.80. The molecule has 96 valence electrons. The largest absolute Gasteiger partial charge is 0.390 e. The lowest BCUT2D eigenvalue weighted by Gasteiger charge is -2.33. The smallest absolute Gasteiger partial charge is 0.0801 e. The first-order valence-electron chi connectivity index (χ1n) is 6.80. The zero-order valence-electron chi connectivity index (χ0n) is 11.3. The maximum absolute atomic E-state index is 10.0. The SMILES string of the molecule is CC(C)OCC(O)C1CCC(C(C)C)CC1. The van der Waals surface area contributed by atoms with Crippen LogP contribution in [0.15, 0.2) is 0 Å². The van der Waals surface area contributed by atoms with Crippen LogP contribution in [0.5, 0.6) is 0 Å². The van der Waals surface area contributed by atoms with E-state index >= 15 is 0 Å². The molecule has 0 aromatic heterocycles. The molecule has 0 aliphatic heterocycles. The second kappa shape index (κ2) is 6.61. The van der Waals surface area contributed by atoms with Gasteiger partial charge in [0, 0.05) is 0 Å². The van der Waals surface area contributed by atoms with Crippen LogP contribution in [-0.2, 0) is 4.74 Å². The van der Waals surface area contributed by atoms with Crippen LogP contribution < -0.4 is 0 Å². The van der Waals surface area contributed by atoms with Crippen molar-refractivity contribution in [1.29, 1.82) is 0 Å². The van der Waals surface area contributed by atoms with E-state index in [0.29, 0.717) is 12.5 Å². The molecule has 2 heteroatoms. The van der Waals surface area contributed by atoms with Gasteiger partial charge in [-0.3, -0.25) is 0 Å². The second-order valence-corrected chi connectivity index (χ2v) is 5.87. The van der Waals surface area contributed by atoms with Gasteiger partial charge in [-0.05, 0) is 57.3 Å². The summed E-state index contributed by atoms with van der Waals surface area (Å²) in [5.74, 6) is 2.13. The molecule has 1 fully saturated rings. The van der Waals surface area contributed by atoms with Gasteiger partial charge in [-0.15, -0.1) is 0 Å². The third-order valence-corrected chi connectivity index (χ3v) is 3.90. The predicted octanol–water partition coefficient (Wildman–Crippen LogP) is 3.23. The Kier molecular flexibility index (Phi) is 5.77. The molecular weight excluding hydrogens is 200 g/mol. The van der Waals surface area contributed by atoms with Crippen molar-refractivity contribution >= 4 is 0 Å². The molecule has 1 saturated carbocycles. The lowest BCUT2D eigenvalue weighted by molar-refractivity contribution is -0.0311. The quantitative estimate of drug-likeness (QED) is 0.783. The van der Waals surface area contributed by atoms with Gasteiger partial charge < -0.3 is 9.84 Å². The Morgan fingerprint density at radius 1 is 1.00 bits per heavy atom. The highest BCUT2D eigenvalue weighted by Crippen LogP contribution is 2.34. The monoisotopic (exact) mass is 228 g/mol. The number of aliphatic hydroxyl groups is 1. The molecule has 2 nitrogen and oxygen atoms in total. The third kappa shape index (κ3) is 4.42. The topological polar surface area (TPSA) is 29.5 Å². The molecule has 0 radical (unpaired) electrons. The van der Waals surface area contributed by atoms with Gasteiger partial charge >= 0.3 is 0 Å². The van der Waals surface area contributed by atoms with Gasteiger partial charge in [0.15, 0.2) is 0 Å². The standard InChI is InChI=1S/C14H28O2/c1-10(2)12-5-7-13(8-6-12)14(15)9-16-11(3)4/h10-15H,5-9H2,1-4H3. The van der Waals surface area contributed by atoms with E-state index in [1.54, 1.807) is 0 Å². The van der Waals surface area contributed by atoms with Crippen molar-refractivity contribution in [3.63, 3.8) is 0 Å². The summed E-state index contributed by atoms with van der Waals surface area (Å²) in [7, 11) is 0. The molecule has 1 aliphatic rings. The first kappa shape index (κ1) is 14.0. The Morgan fingerprint density at radius 2 is 1.50 bits per heavy atom. The van der Waals surface area contributed by atoms with E-state index in [1.807, 2.05) is 13.8 Å². The van der Waals surface area contributed by atoms with Gasteiger partial charge in [-0.1, -0.05) is 13.8 Å². The van der Waals surface area contributed by atoms with E-state index in [0.717, 1.165) is 11.8 Å². The average Bonchev–Trinajstić information content (AvgIpc) is 2.26. The molecule has 0 aromatic carbocycles. The zero-order chi connectivity index (χ0) is 12.1. The van der Waals surface area contributed by atoms with Crippen molar-refractivity contribution in [3.05, 3.63) is 0 Å². The molecule has 1 rings (SSSR count). The lowest BCUT2D eigenvalue weighted by Crippen LogP contribution is -2.31. The molecule has 0 spiro atoms. The fraction of sp³-hybridized carbons (Fsp3) is 1.00. The van der Waals surface area contributed by atoms with Crippen molar-refractivity contribution in [2.75, 3.05) is 6.61 Å². The Hall–Kier alpha value is -0.0800. The maximum Gasteiger partial charge on any atom is 0.0801 e. The first-order chi connectivity index (χ1) is 7.50. The Labute approximate surface area is 100 Å². The van der Waals surface area contributed by atoms with Crippen molar-refractivity contribution in [3.8, 4) is 0 Å². The molecule has 0 aromatic rings. The molecule has 1 aliphatic carbocycles. The number of hydrogen-bond donors (Lipinski definition) is 1. The molecule has 16 heavy (non-hydrogen) atoms. The number of rotatable bonds is 5. The van der Waals surface area contributed by atoms with Crippen LogP contribution in [0, 0.1) is 17.8 Å². The minimum atomic E-state index is -0.254. The Balaban J connectivity index is 2.24.